The molecule has 9 heteroatoms. The van der Waals surface area contributed by atoms with Crippen molar-refractivity contribution in [1.82, 2.24) is 9.36 Å². The van der Waals surface area contributed by atoms with Crippen molar-refractivity contribution in [3.8, 4) is 5.75 Å². The Kier molecular flexibility index (Phi) is 6.44. The highest BCUT2D eigenvalue weighted by atomic mass is 32.2. The van der Waals surface area contributed by atoms with Gasteiger partial charge in [-0.15, -0.1) is 0 Å². The van der Waals surface area contributed by atoms with E-state index in [2.05, 4.69) is 14.1 Å². The van der Waals surface area contributed by atoms with E-state index >= 15 is 0 Å². The number of aromatic nitrogens is 2. The van der Waals surface area contributed by atoms with Crippen LogP contribution in [-0.2, 0) is 0 Å². The topological polar surface area (TPSA) is 73.1 Å². The van der Waals surface area contributed by atoms with E-state index in [0.717, 1.165) is 67.7 Å². The average molecular weight is 386 g/mol. The minimum Gasteiger partial charge on any atom is -0.490 e. The Morgan fingerprint density at radius 3 is 2.76 bits per heavy atom. The molecule has 1 fully saturated rings. The second kappa shape index (κ2) is 8.77. The van der Waals surface area contributed by atoms with Crippen LogP contribution in [0.4, 0.5) is 13.9 Å². The second-order valence-electron chi connectivity index (χ2n) is 6.08. The maximum atomic E-state index is 14.1. The van der Waals surface area contributed by atoms with Gasteiger partial charge in [0, 0.05) is 23.6 Å². The first-order valence-electron chi connectivity index (χ1n) is 8.18. The van der Waals surface area contributed by atoms with Crippen LogP contribution in [0.2, 0.25) is 0 Å². The molecule has 1 aromatic heterocycles. The Morgan fingerprint density at radius 2 is 2.04 bits per heavy atom. The highest BCUT2D eigenvalue weighted by Gasteiger charge is 2.19. The number of nitrogens with one attached hydrogen (secondary N) is 1. The van der Waals surface area contributed by atoms with Crippen molar-refractivity contribution in [1.29, 1.82) is 0 Å². The third-order valence-corrected chi connectivity index (χ3v) is 5.81. The number of rotatable bonds is 7. The molecule has 1 aromatic carbocycles. The van der Waals surface area contributed by atoms with Crippen molar-refractivity contribution >= 4 is 28.6 Å². The maximum absolute atomic E-state index is 14.1. The van der Waals surface area contributed by atoms with Gasteiger partial charge < -0.3 is 15.2 Å². The van der Waals surface area contributed by atoms with E-state index in [4.69, 9.17) is 10.5 Å². The van der Waals surface area contributed by atoms with Crippen molar-refractivity contribution in [2.45, 2.75) is 43.0 Å². The van der Waals surface area contributed by atoms with Gasteiger partial charge in [-0.25, -0.2) is 13.8 Å². The lowest BCUT2D eigenvalue weighted by atomic mass is 9.85. The minimum atomic E-state index is -0.575. The molecule has 5 nitrogen and oxygen atoms in total. The van der Waals surface area contributed by atoms with Crippen LogP contribution in [0.1, 0.15) is 32.1 Å². The fourth-order valence-electron chi connectivity index (χ4n) is 2.83. The van der Waals surface area contributed by atoms with E-state index < -0.39 is 11.6 Å². The summed E-state index contributed by atoms with van der Waals surface area (Å²) in [5.41, 5.74) is 5.89. The molecule has 0 atom stereocenters. The van der Waals surface area contributed by atoms with Gasteiger partial charge in [0.15, 0.2) is 11.6 Å². The summed E-state index contributed by atoms with van der Waals surface area (Å²) in [6.45, 7) is 0.381. The molecule has 0 aliphatic heterocycles. The number of hydrogen-bond donors (Lipinski definition) is 2. The van der Waals surface area contributed by atoms with E-state index in [1.54, 1.807) is 0 Å². The molecule has 0 radical (unpaired) electrons. The average Bonchev–Trinajstić information content (AvgIpc) is 3.11. The molecule has 3 N–H and O–H groups in total. The van der Waals surface area contributed by atoms with Gasteiger partial charge >= 0.3 is 0 Å². The number of nitrogens with two attached hydrogens (primary N) is 1. The van der Waals surface area contributed by atoms with E-state index in [-0.39, 0.29) is 10.6 Å². The largest absolute Gasteiger partial charge is 0.490 e. The number of benzene rings is 1. The van der Waals surface area contributed by atoms with Gasteiger partial charge in [-0.1, -0.05) is 0 Å². The number of anilines is 1. The molecule has 1 heterocycles. The summed E-state index contributed by atoms with van der Waals surface area (Å²) in [5.74, 6) is -0.611. The van der Waals surface area contributed by atoms with Crippen LogP contribution >= 0.6 is 23.5 Å². The third-order valence-electron chi connectivity index (χ3n) is 4.27. The van der Waals surface area contributed by atoms with Gasteiger partial charge in [-0.2, -0.15) is 4.37 Å². The van der Waals surface area contributed by atoms with Crippen molar-refractivity contribution in [2.24, 2.45) is 11.7 Å². The fourth-order valence-corrected chi connectivity index (χ4v) is 3.96. The van der Waals surface area contributed by atoms with Crippen molar-refractivity contribution in [2.75, 3.05) is 11.3 Å². The molecule has 0 bridgehead atoms. The lowest BCUT2D eigenvalue weighted by molar-refractivity contribution is 0.230. The highest BCUT2D eigenvalue weighted by molar-refractivity contribution is 8.00. The zero-order valence-electron chi connectivity index (χ0n) is 13.6. The summed E-state index contributed by atoms with van der Waals surface area (Å²) in [6.07, 6.45) is 6.44. The Hall–Kier alpha value is -1.45. The van der Waals surface area contributed by atoms with Crippen LogP contribution in [0.5, 0.6) is 5.75 Å². The van der Waals surface area contributed by atoms with Crippen LogP contribution in [0.15, 0.2) is 23.4 Å². The van der Waals surface area contributed by atoms with Gasteiger partial charge in [0.25, 0.3) is 0 Å². The Labute approximate surface area is 153 Å². The SMILES string of the molecule is NC1CCC(CCOc2cc(F)c(SNc3ncns3)cc2F)CC1. The van der Waals surface area contributed by atoms with Gasteiger partial charge in [-0.05, 0) is 56.0 Å². The zero-order chi connectivity index (χ0) is 17.6. The van der Waals surface area contributed by atoms with E-state index in [1.165, 1.54) is 6.33 Å². The Balaban J connectivity index is 1.51. The van der Waals surface area contributed by atoms with E-state index in [9.17, 15) is 8.78 Å². The van der Waals surface area contributed by atoms with E-state index in [1.807, 2.05) is 0 Å². The molecule has 1 aliphatic rings. The smallest absolute Gasteiger partial charge is 0.212 e. The van der Waals surface area contributed by atoms with Crippen LogP contribution in [0.25, 0.3) is 0 Å². The Morgan fingerprint density at radius 1 is 1.24 bits per heavy atom. The molecule has 0 amide bonds. The molecule has 3 rings (SSSR count). The molecule has 2 aromatic rings. The quantitative estimate of drug-likeness (QED) is 0.694. The third kappa shape index (κ3) is 5.26. The first-order chi connectivity index (χ1) is 12.1. The molecule has 0 saturated heterocycles. The van der Waals surface area contributed by atoms with Crippen molar-refractivity contribution in [3.05, 3.63) is 30.1 Å². The molecule has 136 valence electrons. The predicted octanol–water partition coefficient (Wildman–Crippen LogP) is 4.22. The number of halogens is 2. The van der Waals surface area contributed by atoms with Gasteiger partial charge in [0.2, 0.25) is 5.13 Å². The molecule has 0 unspecified atom stereocenters. The monoisotopic (exact) mass is 386 g/mol. The lowest BCUT2D eigenvalue weighted by Crippen LogP contribution is -2.27. The summed E-state index contributed by atoms with van der Waals surface area (Å²) in [7, 11) is 0. The van der Waals surface area contributed by atoms with Crippen LogP contribution in [-0.4, -0.2) is 22.0 Å². The lowest BCUT2D eigenvalue weighted by Gasteiger charge is -2.25. The zero-order valence-corrected chi connectivity index (χ0v) is 15.2. The van der Waals surface area contributed by atoms with Crippen LogP contribution in [0.3, 0.4) is 0 Å². The van der Waals surface area contributed by atoms with Crippen LogP contribution < -0.4 is 15.2 Å². The van der Waals surface area contributed by atoms with Crippen molar-refractivity contribution in [3.63, 3.8) is 0 Å². The standard InChI is InChI=1S/C16H20F2N4OS2/c17-12-8-15(24-22-16-20-9-21-25-16)13(18)7-14(12)23-6-5-10-1-3-11(19)4-2-10/h7-11H,1-6,19H2,(H,20,21,22). The van der Waals surface area contributed by atoms with Gasteiger partial charge in [-0.3, -0.25) is 0 Å². The van der Waals surface area contributed by atoms with Gasteiger partial charge in [0.05, 0.1) is 11.5 Å². The molecule has 1 aliphatic carbocycles. The number of hydrogen-bond acceptors (Lipinski definition) is 7. The summed E-state index contributed by atoms with van der Waals surface area (Å²) in [4.78, 5) is 4.06. The molecular formula is C16H20F2N4OS2. The first kappa shape index (κ1) is 18.3. The summed E-state index contributed by atoms with van der Waals surface area (Å²) < 4.78 is 40.4. The number of nitrogens with zero attached hydrogens (tertiary/aromatic N) is 2. The van der Waals surface area contributed by atoms with Gasteiger partial charge in [0.1, 0.15) is 12.1 Å². The first-order valence-corrected chi connectivity index (χ1v) is 9.77. The summed E-state index contributed by atoms with van der Waals surface area (Å²) in [5, 5.41) is 0.525. The normalized spacial score (nSPS) is 20.4. The van der Waals surface area contributed by atoms with E-state index in [0.29, 0.717) is 23.7 Å². The molecular weight excluding hydrogens is 366 g/mol. The second-order valence-corrected chi connectivity index (χ2v) is 7.71. The number of ether oxygens (including phenoxy) is 1. The summed E-state index contributed by atoms with van der Waals surface area (Å²) in [6, 6.07) is 2.53. The predicted molar refractivity (Wildman–Crippen MR) is 95.8 cm³/mol. The van der Waals surface area contributed by atoms with Crippen molar-refractivity contribution < 1.29 is 13.5 Å². The fraction of sp³-hybridized carbons (Fsp3) is 0.500. The summed E-state index contributed by atoms with van der Waals surface area (Å²) >= 11 is 2.09. The minimum absolute atomic E-state index is 0.0507. The molecule has 1 saturated carbocycles. The highest BCUT2D eigenvalue weighted by Crippen LogP contribution is 2.30. The van der Waals surface area contributed by atoms with Crippen LogP contribution in [0, 0.1) is 17.6 Å². The molecule has 0 spiro atoms. The maximum Gasteiger partial charge on any atom is 0.212 e. The Bertz CT molecular complexity index is 679. The molecule has 25 heavy (non-hydrogen) atoms.